The van der Waals surface area contributed by atoms with E-state index in [9.17, 15) is 4.79 Å². The maximum atomic E-state index is 12.2. The zero-order valence-corrected chi connectivity index (χ0v) is 15.5. The van der Waals surface area contributed by atoms with Crippen LogP contribution in [-0.4, -0.2) is 44.7 Å². The number of carbonyl (C=O) groups excluding carboxylic acids is 1. The second-order valence-electron chi connectivity index (χ2n) is 5.80. The average Bonchev–Trinajstić information content (AvgIpc) is 2.55. The minimum atomic E-state index is -0.140. The summed E-state index contributed by atoms with van der Waals surface area (Å²) in [7, 11) is 3.42. The van der Waals surface area contributed by atoms with Gasteiger partial charge in [0, 0.05) is 11.6 Å². The SMILES string of the molecule is COc1ccc(Cl)cc1NC(=O)CN(C)CCOc1cccc(C)c1. The summed E-state index contributed by atoms with van der Waals surface area (Å²) in [4.78, 5) is 14.1. The van der Waals surface area contributed by atoms with Crippen molar-refractivity contribution in [3.8, 4) is 11.5 Å². The molecule has 0 spiro atoms. The molecule has 0 aliphatic rings. The van der Waals surface area contributed by atoms with Crippen molar-refractivity contribution in [3.05, 3.63) is 53.1 Å². The Balaban J connectivity index is 1.79. The minimum Gasteiger partial charge on any atom is -0.495 e. The number of likely N-dealkylation sites (N-methyl/N-ethyl adjacent to an activating group) is 1. The van der Waals surface area contributed by atoms with Crippen molar-refractivity contribution in [2.24, 2.45) is 0 Å². The van der Waals surface area contributed by atoms with Crippen molar-refractivity contribution in [2.75, 3.05) is 39.2 Å². The third-order valence-corrected chi connectivity index (χ3v) is 3.82. The first-order valence-corrected chi connectivity index (χ1v) is 8.37. The molecule has 0 aromatic heterocycles. The summed E-state index contributed by atoms with van der Waals surface area (Å²) in [6, 6.07) is 13.0. The zero-order valence-electron chi connectivity index (χ0n) is 14.7. The Morgan fingerprint density at radius 1 is 1.24 bits per heavy atom. The first-order valence-electron chi connectivity index (χ1n) is 7.99. The van der Waals surface area contributed by atoms with E-state index in [4.69, 9.17) is 21.1 Å². The molecule has 0 heterocycles. The van der Waals surface area contributed by atoms with E-state index in [-0.39, 0.29) is 12.5 Å². The van der Waals surface area contributed by atoms with Crippen molar-refractivity contribution in [1.82, 2.24) is 4.90 Å². The topological polar surface area (TPSA) is 50.8 Å². The first kappa shape index (κ1) is 19.1. The molecule has 2 rings (SSSR count). The molecule has 5 nitrogen and oxygen atoms in total. The zero-order chi connectivity index (χ0) is 18.2. The molecular formula is C19H23ClN2O3. The van der Waals surface area contributed by atoms with E-state index in [1.54, 1.807) is 25.3 Å². The van der Waals surface area contributed by atoms with E-state index < -0.39 is 0 Å². The fraction of sp³-hybridized carbons (Fsp3) is 0.316. The van der Waals surface area contributed by atoms with Crippen molar-refractivity contribution < 1.29 is 14.3 Å². The molecule has 6 heteroatoms. The van der Waals surface area contributed by atoms with E-state index in [1.165, 1.54) is 0 Å². The highest BCUT2D eigenvalue weighted by molar-refractivity contribution is 6.31. The number of methoxy groups -OCH3 is 1. The molecule has 2 aromatic rings. The minimum absolute atomic E-state index is 0.140. The predicted octanol–water partition coefficient (Wildman–Crippen LogP) is 3.61. The lowest BCUT2D eigenvalue weighted by Gasteiger charge is -2.17. The number of hydrogen-bond donors (Lipinski definition) is 1. The van der Waals surface area contributed by atoms with Gasteiger partial charge in [0.1, 0.15) is 18.1 Å². The summed E-state index contributed by atoms with van der Waals surface area (Å²) in [5.74, 6) is 1.27. The molecule has 0 unspecified atom stereocenters. The van der Waals surface area contributed by atoms with Gasteiger partial charge in [-0.15, -0.1) is 0 Å². The summed E-state index contributed by atoms with van der Waals surface area (Å²) >= 11 is 5.97. The van der Waals surface area contributed by atoms with Crippen molar-refractivity contribution in [3.63, 3.8) is 0 Å². The first-order chi connectivity index (χ1) is 12.0. The summed E-state index contributed by atoms with van der Waals surface area (Å²) < 4.78 is 10.9. The van der Waals surface area contributed by atoms with Crippen LogP contribution in [0.4, 0.5) is 5.69 Å². The van der Waals surface area contributed by atoms with Crippen LogP contribution >= 0.6 is 11.6 Å². The molecule has 0 saturated heterocycles. The second kappa shape index (κ2) is 9.30. The summed E-state index contributed by atoms with van der Waals surface area (Å²) in [6.45, 7) is 3.40. The molecule has 25 heavy (non-hydrogen) atoms. The second-order valence-corrected chi connectivity index (χ2v) is 6.23. The van der Waals surface area contributed by atoms with Gasteiger partial charge in [0.25, 0.3) is 0 Å². The Kier molecular flexibility index (Phi) is 7.10. The van der Waals surface area contributed by atoms with Crippen LogP contribution < -0.4 is 14.8 Å². The van der Waals surface area contributed by atoms with Crippen LogP contribution in [0.15, 0.2) is 42.5 Å². The smallest absolute Gasteiger partial charge is 0.238 e. The van der Waals surface area contributed by atoms with Crippen LogP contribution in [0.1, 0.15) is 5.56 Å². The van der Waals surface area contributed by atoms with Crippen molar-refractivity contribution in [1.29, 1.82) is 0 Å². The Morgan fingerprint density at radius 3 is 2.76 bits per heavy atom. The van der Waals surface area contributed by atoms with Gasteiger partial charge in [-0.3, -0.25) is 9.69 Å². The largest absolute Gasteiger partial charge is 0.495 e. The molecule has 1 amide bonds. The highest BCUT2D eigenvalue weighted by Crippen LogP contribution is 2.27. The van der Waals surface area contributed by atoms with E-state index in [1.807, 2.05) is 43.1 Å². The Labute approximate surface area is 153 Å². The third kappa shape index (κ3) is 6.29. The Bertz CT molecular complexity index is 722. The molecular weight excluding hydrogens is 340 g/mol. The van der Waals surface area contributed by atoms with E-state index in [0.717, 1.165) is 11.3 Å². The van der Waals surface area contributed by atoms with Gasteiger partial charge < -0.3 is 14.8 Å². The van der Waals surface area contributed by atoms with Gasteiger partial charge in [-0.25, -0.2) is 0 Å². The van der Waals surface area contributed by atoms with E-state index >= 15 is 0 Å². The summed E-state index contributed by atoms with van der Waals surface area (Å²) in [5.41, 5.74) is 1.71. The fourth-order valence-electron chi connectivity index (χ4n) is 2.32. The third-order valence-electron chi connectivity index (χ3n) is 3.58. The van der Waals surface area contributed by atoms with Gasteiger partial charge >= 0.3 is 0 Å². The number of rotatable bonds is 8. The molecule has 2 aromatic carbocycles. The number of halogens is 1. The lowest BCUT2D eigenvalue weighted by atomic mass is 10.2. The standard InChI is InChI=1S/C19H23ClN2O3/c1-14-5-4-6-16(11-14)25-10-9-22(2)13-19(23)21-17-12-15(20)7-8-18(17)24-3/h4-8,11-12H,9-10,13H2,1-3H3,(H,21,23). The Morgan fingerprint density at radius 2 is 2.04 bits per heavy atom. The van der Waals surface area contributed by atoms with Gasteiger partial charge in [0.2, 0.25) is 5.91 Å². The molecule has 0 aliphatic carbocycles. The highest BCUT2D eigenvalue weighted by Gasteiger charge is 2.11. The highest BCUT2D eigenvalue weighted by atomic mass is 35.5. The molecule has 0 fully saturated rings. The predicted molar refractivity (Wildman–Crippen MR) is 101 cm³/mol. The number of nitrogens with zero attached hydrogens (tertiary/aromatic N) is 1. The maximum absolute atomic E-state index is 12.2. The number of carbonyl (C=O) groups is 1. The van der Waals surface area contributed by atoms with Crippen molar-refractivity contribution >= 4 is 23.2 Å². The van der Waals surface area contributed by atoms with Crippen LogP contribution in [0.5, 0.6) is 11.5 Å². The van der Waals surface area contributed by atoms with Gasteiger partial charge in [-0.1, -0.05) is 23.7 Å². The van der Waals surface area contributed by atoms with Crippen LogP contribution in [0.3, 0.4) is 0 Å². The normalized spacial score (nSPS) is 10.6. The molecule has 0 saturated carbocycles. The number of aryl methyl sites for hydroxylation is 1. The quantitative estimate of drug-likeness (QED) is 0.779. The number of hydrogen-bond acceptors (Lipinski definition) is 4. The van der Waals surface area contributed by atoms with Gasteiger partial charge in [0.05, 0.1) is 19.3 Å². The number of anilines is 1. The average molecular weight is 363 g/mol. The van der Waals surface area contributed by atoms with Crippen LogP contribution in [0.25, 0.3) is 0 Å². The van der Waals surface area contributed by atoms with Crippen LogP contribution in [-0.2, 0) is 4.79 Å². The van der Waals surface area contributed by atoms with Crippen LogP contribution in [0.2, 0.25) is 5.02 Å². The molecule has 0 radical (unpaired) electrons. The Hall–Kier alpha value is -2.24. The molecule has 1 N–H and O–H groups in total. The van der Waals surface area contributed by atoms with E-state index in [0.29, 0.717) is 29.6 Å². The lowest BCUT2D eigenvalue weighted by Crippen LogP contribution is -2.33. The number of benzene rings is 2. The molecule has 0 bridgehead atoms. The van der Waals surface area contributed by atoms with Gasteiger partial charge in [-0.05, 0) is 49.9 Å². The summed E-state index contributed by atoms with van der Waals surface area (Å²) in [6.07, 6.45) is 0. The number of ether oxygens (including phenoxy) is 2. The monoisotopic (exact) mass is 362 g/mol. The van der Waals surface area contributed by atoms with Crippen LogP contribution in [0, 0.1) is 6.92 Å². The number of amides is 1. The van der Waals surface area contributed by atoms with E-state index in [2.05, 4.69) is 5.32 Å². The molecule has 0 aliphatic heterocycles. The van der Waals surface area contributed by atoms with Gasteiger partial charge in [-0.2, -0.15) is 0 Å². The number of nitrogens with one attached hydrogen (secondary N) is 1. The van der Waals surface area contributed by atoms with Gasteiger partial charge in [0.15, 0.2) is 0 Å². The summed E-state index contributed by atoms with van der Waals surface area (Å²) in [5, 5.41) is 3.36. The maximum Gasteiger partial charge on any atom is 0.238 e. The molecule has 0 atom stereocenters. The lowest BCUT2D eigenvalue weighted by molar-refractivity contribution is -0.117. The van der Waals surface area contributed by atoms with Crippen molar-refractivity contribution in [2.45, 2.75) is 6.92 Å². The molecule has 134 valence electrons. The fourth-order valence-corrected chi connectivity index (χ4v) is 2.49.